The Morgan fingerprint density at radius 3 is 2.79 bits per heavy atom. The Morgan fingerprint density at radius 1 is 1.17 bits per heavy atom. The van der Waals surface area contributed by atoms with Crippen LogP contribution in [0.3, 0.4) is 0 Å². The fourth-order valence-corrected chi connectivity index (χ4v) is 3.12. The lowest BCUT2D eigenvalue weighted by Crippen LogP contribution is -1.99. The van der Waals surface area contributed by atoms with Gasteiger partial charge in [0, 0.05) is 11.6 Å². The highest BCUT2D eigenvalue weighted by Gasteiger charge is 2.16. The number of hydrogen-bond acceptors (Lipinski definition) is 5. The van der Waals surface area contributed by atoms with Gasteiger partial charge < -0.3 is 9.72 Å². The Hall–Kier alpha value is -2.31. The van der Waals surface area contributed by atoms with Crippen LogP contribution in [0.15, 0.2) is 47.8 Å². The first-order valence-corrected chi connectivity index (χ1v) is 8.91. The fourth-order valence-electron chi connectivity index (χ4n) is 2.56. The molecule has 4 rings (SSSR count). The third-order valence-corrected chi connectivity index (χ3v) is 4.51. The first kappa shape index (κ1) is 15.2. The molecule has 0 spiro atoms. The summed E-state index contributed by atoms with van der Waals surface area (Å²) in [6.07, 6.45) is 3.60. The van der Waals surface area contributed by atoms with Gasteiger partial charge in [-0.2, -0.15) is 4.98 Å². The van der Waals surface area contributed by atoms with E-state index in [1.54, 1.807) is 6.20 Å². The van der Waals surface area contributed by atoms with Crippen LogP contribution in [0.1, 0.15) is 5.56 Å². The van der Waals surface area contributed by atoms with E-state index in [1.165, 1.54) is 11.8 Å². The molecule has 0 fully saturated rings. The van der Waals surface area contributed by atoms with Crippen LogP contribution in [0.25, 0.3) is 21.9 Å². The molecule has 0 radical (unpaired) electrons. The van der Waals surface area contributed by atoms with Crippen molar-refractivity contribution in [2.45, 2.75) is 11.8 Å². The first-order chi connectivity index (χ1) is 11.8. The molecule has 1 aromatic carbocycles. The number of aromatic amines is 1. The second-order valence-electron chi connectivity index (χ2n) is 5.16. The van der Waals surface area contributed by atoms with Crippen molar-refractivity contribution in [1.82, 2.24) is 19.9 Å². The SMILES string of the molecule is CSc1nc(OCc2ccccc2)c2c(n1)[nH]c1c(Cl)nccc12. The molecular formula is C17H13ClN4OS. The molecule has 0 aliphatic carbocycles. The number of ether oxygens (including phenoxy) is 1. The van der Waals surface area contributed by atoms with Crippen molar-refractivity contribution in [3.8, 4) is 5.88 Å². The molecule has 1 N–H and O–H groups in total. The summed E-state index contributed by atoms with van der Waals surface area (Å²) in [5.74, 6) is 0.543. The van der Waals surface area contributed by atoms with Crippen LogP contribution >= 0.6 is 23.4 Å². The van der Waals surface area contributed by atoms with E-state index in [9.17, 15) is 0 Å². The molecule has 5 nitrogen and oxygen atoms in total. The van der Waals surface area contributed by atoms with Crippen molar-refractivity contribution in [2.24, 2.45) is 0 Å². The summed E-state index contributed by atoms with van der Waals surface area (Å²) in [6, 6.07) is 11.9. The van der Waals surface area contributed by atoms with Gasteiger partial charge in [0.25, 0.3) is 0 Å². The maximum Gasteiger partial charge on any atom is 0.228 e. The first-order valence-electron chi connectivity index (χ1n) is 7.31. The van der Waals surface area contributed by atoms with Crippen molar-refractivity contribution in [2.75, 3.05) is 6.26 Å². The number of H-pyrrole nitrogens is 1. The van der Waals surface area contributed by atoms with Crippen molar-refractivity contribution in [3.05, 3.63) is 53.3 Å². The van der Waals surface area contributed by atoms with E-state index in [-0.39, 0.29) is 0 Å². The number of aromatic nitrogens is 4. The summed E-state index contributed by atoms with van der Waals surface area (Å²) >= 11 is 7.65. The van der Waals surface area contributed by atoms with E-state index in [0.29, 0.717) is 28.4 Å². The van der Waals surface area contributed by atoms with Gasteiger partial charge >= 0.3 is 0 Å². The molecular weight excluding hydrogens is 344 g/mol. The number of fused-ring (bicyclic) bond motifs is 3. The average molecular weight is 357 g/mol. The van der Waals surface area contributed by atoms with Gasteiger partial charge in [-0.25, -0.2) is 9.97 Å². The average Bonchev–Trinajstić information content (AvgIpc) is 3.00. The molecule has 0 aliphatic rings. The zero-order chi connectivity index (χ0) is 16.5. The molecule has 120 valence electrons. The van der Waals surface area contributed by atoms with E-state index in [0.717, 1.165) is 21.9 Å². The minimum absolute atomic E-state index is 0.408. The minimum atomic E-state index is 0.408. The summed E-state index contributed by atoms with van der Waals surface area (Å²) < 4.78 is 6.01. The predicted molar refractivity (Wildman–Crippen MR) is 96.8 cm³/mol. The summed E-state index contributed by atoms with van der Waals surface area (Å²) in [5.41, 5.74) is 2.52. The Balaban J connectivity index is 1.85. The quantitative estimate of drug-likeness (QED) is 0.332. The zero-order valence-electron chi connectivity index (χ0n) is 12.8. The van der Waals surface area contributed by atoms with Gasteiger partial charge in [0.05, 0.1) is 10.9 Å². The number of thioether (sulfide) groups is 1. The van der Waals surface area contributed by atoms with E-state index in [1.807, 2.05) is 42.7 Å². The van der Waals surface area contributed by atoms with Gasteiger partial charge in [-0.3, -0.25) is 0 Å². The van der Waals surface area contributed by atoms with Crippen LogP contribution in [0.5, 0.6) is 5.88 Å². The largest absolute Gasteiger partial charge is 0.472 e. The Kier molecular flexibility index (Phi) is 4.00. The molecule has 4 aromatic rings. The molecule has 0 amide bonds. The van der Waals surface area contributed by atoms with E-state index >= 15 is 0 Å². The van der Waals surface area contributed by atoms with Crippen LogP contribution in [0.4, 0.5) is 0 Å². The van der Waals surface area contributed by atoms with Gasteiger partial charge in [-0.15, -0.1) is 0 Å². The minimum Gasteiger partial charge on any atom is -0.472 e. The molecule has 0 bridgehead atoms. The highest BCUT2D eigenvalue weighted by Crippen LogP contribution is 2.34. The third-order valence-electron chi connectivity index (χ3n) is 3.67. The van der Waals surface area contributed by atoms with Crippen molar-refractivity contribution >= 4 is 45.3 Å². The van der Waals surface area contributed by atoms with Crippen molar-refractivity contribution < 1.29 is 4.74 Å². The van der Waals surface area contributed by atoms with E-state index in [2.05, 4.69) is 19.9 Å². The van der Waals surface area contributed by atoms with Crippen molar-refractivity contribution in [1.29, 1.82) is 0 Å². The molecule has 3 aromatic heterocycles. The van der Waals surface area contributed by atoms with E-state index in [4.69, 9.17) is 16.3 Å². The standard InChI is InChI=1S/C17H13ClN4OS/c1-24-17-21-15-12(11-7-8-19-14(18)13(11)20-15)16(22-17)23-9-10-5-3-2-4-6-10/h2-8H,9H2,1H3,(H,20,21,22). The number of nitrogens with one attached hydrogen (secondary N) is 1. The van der Waals surface area contributed by atoms with Gasteiger partial charge in [-0.05, 0) is 17.9 Å². The maximum absolute atomic E-state index is 6.19. The normalized spacial score (nSPS) is 11.2. The second kappa shape index (κ2) is 6.30. The summed E-state index contributed by atoms with van der Waals surface area (Å²) in [7, 11) is 0. The molecule has 0 saturated carbocycles. The van der Waals surface area contributed by atoms with Crippen molar-refractivity contribution in [3.63, 3.8) is 0 Å². The molecule has 0 aliphatic heterocycles. The number of hydrogen-bond donors (Lipinski definition) is 1. The topological polar surface area (TPSA) is 63.7 Å². The zero-order valence-corrected chi connectivity index (χ0v) is 14.4. The molecule has 0 atom stereocenters. The number of benzene rings is 1. The molecule has 0 unspecified atom stereocenters. The summed E-state index contributed by atoms with van der Waals surface area (Å²) in [4.78, 5) is 16.4. The van der Waals surface area contributed by atoms with Crippen LogP contribution in [0.2, 0.25) is 5.15 Å². The number of pyridine rings is 1. The highest BCUT2D eigenvalue weighted by atomic mass is 35.5. The number of nitrogens with zero attached hydrogens (tertiary/aromatic N) is 3. The lowest BCUT2D eigenvalue weighted by molar-refractivity contribution is 0.295. The number of halogens is 1. The molecule has 3 heterocycles. The van der Waals surface area contributed by atoms with Crippen LogP contribution in [-0.4, -0.2) is 26.2 Å². The Labute approximate surface area is 147 Å². The molecule has 7 heteroatoms. The predicted octanol–water partition coefficient (Wildman–Crippen LogP) is 4.46. The summed E-state index contributed by atoms with van der Waals surface area (Å²) in [5, 5.41) is 2.77. The monoisotopic (exact) mass is 356 g/mol. The Bertz CT molecular complexity index is 1020. The third kappa shape index (κ3) is 2.68. The fraction of sp³-hybridized carbons (Fsp3) is 0.118. The van der Waals surface area contributed by atoms with E-state index < -0.39 is 0 Å². The van der Waals surface area contributed by atoms with Crippen LogP contribution in [0, 0.1) is 0 Å². The smallest absolute Gasteiger partial charge is 0.228 e. The second-order valence-corrected chi connectivity index (χ2v) is 6.29. The van der Waals surface area contributed by atoms with Gasteiger partial charge in [0.15, 0.2) is 10.3 Å². The van der Waals surface area contributed by atoms with Gasteiger partial charge in [0.1, 0.15) is 12.3 Å². The van der Waals surface area contributed by atoms with Gasteiger partial charge in [0.2, 0.25) is 5.88 Å². The van der Waals surface area contributed by atoms with Gasteiger partial charge in [-0.1, -0.05) is 53.7 Å². The number of rotatable bonds is 4. The van der Waals surface area contributed by atoms with Crippen LogP contribution in [-0.2, 0) is 6.61 Å². The highest BCUT2D eigenvalue weighted by molar-refractivity contribution is 7.98. The molecule has 0 saturated heterocycles. The van der Waals surface area contributed by atoms with Crippen LogP contribution < -0.4 is 4.74 Å². The summed E-state index contributed by atoms with van der Waals surface area (Å²) in [6.45, 7) is 0.437. The Morgan fingerprint density at radius 2 is 2.00 bits per heavy atom. The lowest BCUT2D eigenvalue weighted by atomic mass is 10.2. The maximum atomic E-state index is 6.19. The lowest BCUT2D eigenvalue weighted by Gasteiger charge is -2.08. The molecule has 24 heavy (non-hydrogen) atoms.